The molecule has 6 heteroatoms. The number of rotatable bonds is 4. The number of hydrogen-bond acceptors (Lipinski definition) is 4. The highest BCUT2D eigenvalue weighted by Gasteiger charge is 2.34. The van der Waals surface area contributed by atoms with Crippen LogP contribution in [0.25, 0.3) is 0 Å². The number of aryl methyl sites for hydroxylation is 1. The van der Waals surface area contributed by atoms with E-state index in [4.69, 9.17) is 10.5 Å². The number of nitrogens with two attached hydrogens (primary N) is 1. The van der Waals surface area contributed by atoms with Crippen LogP contribution in [0.5, 0.6) is 0 Å². The van der Waals surface area contributed by atoms with Crippen LogP contribution in [-0.4, -0.2) is 34.7 Å². The zero-order valence-electron chi connectivity index (χ0n) is 14.1. The van der Waals surface area contributed by atoms with Crippen LogP contribution in [0.15, 0.2) is 12.3 Å². The van der Waals surface area contributed by atoms with Gasteiger partial charge in [-0.3, -0.25) is 4.98 Å². The molecule has 0 bridgehead atoms. The monoisotopic (exact) mass is 323 g/mol. The number of hydrogen-bond donors (Lipinski definition) is 1. The van der Waals surface area contributed by atoms with E-state index in [1.807, 2.05) is 20.8 Å². The summed E-state index contributed by atoms with van der Waals surface area (Å²) >= 11 is 0. The first kappa shape index (κ1) is 17.7. The Morgan fingerprint density at radius 1 is 1.52 bits per heavy atom. The van der Waals surface area contributed by atoms with Gasteiger partial charge in [-0.05, 0) is 64.6 Å². The lowest BCUT2D eigenvalue weighted by molar-refractivity contribution is 0.0223. The van der Waals surface area contributed by atoms with Crippen molar-refractivity contribution < 1.29 is 13.9 Å². The molecule has 1 unspecified atom stereocenters. The standard InChI is InChI=1S/C17H26FN3O2/c1-17(2,3)23-16(22)21-9-5-7-15(21)13-10-12(18)11-20-14(13)6-4-8-19/h10-11,15H,4-9,19H2,1-3H3. The highest BCUT2D eigenvalue weighted by Crippen LogP contribution is 2.35. The maximum absolute atomic E-state index is 13.7. The van der Waals surface area contributed by atoms with Crippen molar-refractivity contribution in [3.63, 3.8) is 0 Å². The van der Waals surface area contributed by atoms with Gasteiger partial charge in [-0.1, -0.05) is 0 Å². The summed E-state index contributed by atoms with van der Waals surface area (Å²) in [6.45, 7) is 6.69. The van der Waals surface area contributed by atoms with E-state index in [0.717, 1.165) is 30.5 Å². The summed E-state index contributed by atoms with van der Waals surface area (Å²) in [5.74, 6) is -0.382. The predicted octanol–water partition coefficient (Wildman–Crippen LogP) is 3.18. The van der Waals surface area contributed by atoms with Gasteiger partial charge in [-0.25, -0.2) is 9.18 Å². The number of likely N-dealkylation sites (tertiary alicyclic amines) is 1. The Kier molecular flexibility index (Phi) is 5.57. The Morgan fingerprint density at radius 2 is 2.26 bits per heavy atom. The Bertz CT molecular complexity index is 557. The van der Waals surface area contributed by atoms with E-state index in [2.05, 4.69) is 4.98 Å². The molecule has 1 aliphatic heterocycles. The summed E-state index contributed by atoms with van der Waals surface area (Å²) in [5, 5.41) is 0. The maximum atomic E-state index is 13.7. The van der Waals surface area contributed by atoms with Gasteiger partial charge >= 0.3 is 6.09 Å². The summed E-state index contributed by atoms with van der Waals surface area (Å²) < 4.78 is 19.2. The Balaban J connectivity index is 2.25. The van der Waals surface area contributed by atoms with Gasteiger partial charge < -0.3 is 15.4 Å². The van der Waals surface area contributed by atoms with E-state index in [1.165, 1.54) is 12.3 Å². The third-order valence-electron chi connectivity index (χ3n) is 3.83. The van der Waals surface area contributed by atoms with E-state index in [9.17, 15) is 9.18 Å². The van der Waals surface area contributed by atoms with Gasteiger partial charge in [0, 0.05) is 12.2 Å². The van der Waals surface area contributed by atoms with Crippen molar-refractivity contribution in [1.29, 1.82) is 0 Å². The molecule has 1 aromatic heterocycles. The summed E-state index contributed by atoms with van der Waals surface area (Å²) in [7, 11) is 0. The van der Waals surface area contributed by atoms with Gasteiger partial charge in [0.05, 0.1) is 12.2 Å². The van der Waals surface area contributed by atoms with Crippen LogP contribution in [0, 0.1) is 5.82 Å². The van der Waals surface area contributed by atoms with Crippen molar-refractivity contribution in [2.45, 2.75) is 58.1 Å². The number of amides is 1. The molecular formula is C17H26FN3O2. The molecule has 1 aliphatic rings. The Morgan fingerprint density at radius 3 is 2.91 bits per heavy atom. The summed E-state index contributed by atoms with van der Waals surface area (Å²) in [5.41, 5.74) is 6.62. The van der Waals surface area contributed by atoms with Gasteiger partial charge in [0.1, 0.15) is 11.4 Å². The summed E-state index contributed by atoms with van der Waals surface area (Å²) in [6, 6.07) is 1.31. The molecule has 5 nitrogen and oxygen atoms in total. The van der Waals surface area contributed by atoms with Crippen molar-refractivity contribution in [3.8, 4) is 0 Å². The molecule has 1 saturated heterocycles. The first-order chi connectivity index (χ1) is 10.8. The Hall–Kier alpha value is -1.69. The normalized spacial score (nSPS) is 18.3. The van der Waals surface area contributed by atoms with E-state index < -0.39 is 5.60 Å². The van der Waals surface area contributed by atoms with Crippen molar-refractivity contribution in [2.75, 3.05) is 13.1 Å². The average molecular weight is 323 g/mol. The van der Waals surface area contributed by atoms with Gasteiger partial charge in [0.15, 0.2) is 0 Å². The first-order valence-electron chi connectivity index (χ1n) is 8.16. The molecule has 2 N–H and O–H groups in total. The largest absolute Gasteiger partial charge is 0.444 e. The lowest BCUT2D eigenvalue weighted by Crippen LogP contribution is -2.36. The topological polar surface area (TPSA) is 68.5 Å². The molecular weight excluding hydrogens is 297 g/mol. The van der Waals surface area contributed by atoms with Gasteiger partial charge in [-0.15, -0.1) is 0 Å². The number of aromatic nitrogens is 1. The van der Waals surface area contributed by atoms with E-state index in [0.29, 0.717) is 19.5 Å². The van der Waals surface area contributed by atoms with Crippen molar-refractivity contribution in [1.82, 2.24) is 9.88 Å². The zero-order chi connectivity index (χ0) is 17.0. The second-order valence-electron chi connectivity index (χ2n) is 6.91. The highest BCUT2D eigenvalue weighted by molar-refractivity contribution is 5.69. The highest BCUT2D eigenvalue weighted by atomic mass is 19.1. The minimum Gasteiger partial charge on any atom is -0.444 e. The van der Waals surface area contributed by atoms with Crippen LogP contribution in [0.4, 0.5) is 9.18 Å². The fraction of sp³-hybridized carbons (Fsp3) is 0.647. The number of ether oxygens (including phenoxy) is 1. The maximum Gasteiger partial charge on any atom is 0.410 e. The van der Waals surface area contributed by atoms with E-state index >= 15 is 0 Å². The summed E-state index contributed by atoms with van der Waals surface area (Å²) in [4.78, 5) is 18.3. The molecule has 0 aliphatic carbocycles. The lowest BCUT2D eigenvalue weighted by atomic mass is 10.00. The van der Waals surface area contributed by atoms with Crippen LogP contribution < -0.4 is 5.73 Å². The van der Waals surface area contributed by atoms with Crippen LogP contribution in [-0.2, 0) is 11.2 Å². The quantitative estimate of drug-likeness (QED) is 0.924. The molecule has 128 valence electrons. The molecule has 0 radical (unpaired) electrons. The molecule has 2 rings (SSSR count). The van der Waals surface area contributed by atoms with Crippen molar-refractivity contribution in [3.05, 3.63) is 29.3 Å². The van der Waals surface area contributed by atoms with Gasteiger partial charge in [-0.2, -0.15) is 0 Å². The smallest absolute Gasteiger partial charge is 0.410 e. The molecule has 0 spiro atoms. The fourth-order valence-electron chi connectivity index (χ4n) is 2.88. The predicted molar refractivity (Wildman–Crippen MR) is 86.5 cm³/mol. The molecule has 0 saturated carbocycles. The van der Waals surface area contributed by atoms with Gasteiger partial charge in [0.2, 0.25) is 0 Å². The van der Waals surface area contributed by atoms with Crippen LogP contribution in [0.3, 0.4) is 0 Å². The molecule has 23 heavy (non-hydrogen) atoms. The number of pyridine rings is 1. The van der Waals surface area contributed by atoms with Crippen LogP contribution in [0.1, 0.15) is 57.3 Å². The number of carbonyl (C=O) groups excluding carboxylic acids is 1. The van der Waals surface area contributed by atoms with Crippen LogP contribution in [0.2, 0.25) is 0 Å². The molecule has 2 heterocycles. The third kappa shape index (κ3) is 4.64. The third-order valence-corrected chi connectivity index (χ3v) is 3.83. The lowest BCUT2D eigenvalue weighted by Gasteiger charge is -2.29. The first-order valence-corrected chi connectivity index (χ1v) is 8.16. The zero-order valence-corrected chi connectivity index (χ0v) is 14.1. The Labute approximate surface area is 137 Å². The molecule has 1 fully saturated rings. The van der Waals surface area contributed by atoms with Crippen molar-refractivity contribution >= 4 is 6.09 Å². The second-order valence-corrected chi connectivity index (χ2v) is 6.91. The van der Waals surface area contributed by atoms with Crippen molar-refractivity contribution in [2.24, 2.45) is 5.73 Å². The number of nitrogens with zero attached hydrogens (tertiary/aromatic N) is 2. The van der Waals surface area contributed by atoms with E-state index in [-0.39, 0.29) is 18.0 Å². The van der Waals surface area contributed by atoms with Gasteiger partial charge in [0.25, 0.3) is 0 Å². The fourth-order valence-corrected chi connectivity index (χ4v) is 2.88. The number of halogens is 1. The molecule has 1 amide bonds. The average Bonchev–Trinajstić information content (AvgIpc) is 2.93. The second kappa shape index (κ2) is 7.25. The molecule has 0 aromatic carbocycles. The van der Waals surface area contributed by atoms with Crippen LogP contribution >= 0.6 is 0 Å². The minimum absolute atomic E-state index is 0.180. The summed E-state index contributed by atoms with van der Waals surface area (Å²) in [6.07, 6.45) is 4.00. The minimum atomic E-state index is -0.549. The molecule has 1 aromatic rings. The number of carbonyl (C=O) groups is 1. The SMILES string of the molecule is CC(C)(C)OC(=O)N1CCCC1c1cc(F)cnc1CCCN. The molecule has 1 atom stereocenters. The van der Waals surface area contributed by atoms with E-state index in [1.54, 1.807) is 4.90 Å².